The van der Waals surface area contributed by atoms with Gasteiger partial charge in [-0.3, -0.25) is 4.79 Å². The first-order valence-electron chi connectivity index (χ1n) is 5.62. The van der Waals surface area contributed by atoms with Gasteiger partial charge in [0.1, 0.15) is 0 Å². The average Bonchev–Trinajstić information content (AvgIpc) is 2.01. The molecule has 0 rings (SSSR count). The average molecular weight is 199 g/mol. The fourth-order valence-electron chi connectivity index (χ4n) is 2.10. The Balaban J connectivity index is 4.61. The number of ketones is 1. The summed E-state index contributed by atoms with van der Waals surface area (Å²) in [6.45, 7) is 13.2. The minimum atomic E-state index is -0.336. The fourth-order valence-corrected chi connectivity index (χ4v) is 2.10. The Morgan fingerprint density at radius 3 is 2.07 bits per heavy atom. The van der Waals surface area contributed by atoms with E-state index in [0.717, 1.165) is 13.0 Å². The van der Waals surface area contributed by atoms with Gasteiger partial charge in [0.2, 0.25) is 0 Å². The van der Waals surface area contributed by atoms with Crippen LogP contribution >= 0.6 is 0 Å². The van der Waals surface area contributed by atoms with Crippen molar-refractivity contribution in [2.24, 2.45) is 11.8 Å². The van der Waals surface area contributed by atoms with E-state index in [-0.39, 0.29) is 11.5 Å². The first kappa shape index (κ1) is 13.6. The van der Waals surface area contributed by atoms with Crippen molar-refractivity contribution in [1.82, 2.24) is 5.32 Å². The molecule has 84 valence electrons. The van der Waals surface area contributed by atoms with E-state index in [1.807, 2.05) is 27.7 Å². The molecule has 0 fully saturated rings. The van der Waals surface area contributed by atoms with Gasteiger partial charge in [0.25, 0.3) is 0 Å². The van der Waals surface area contributed by atoms with Crippen LogP contribution in [0, 0.1) is 11.8 Å². The van der Waals surface area contributed by atoms with Crippen LogP contribution in [0.4, 0.5) is 0 Å². The monoisotopic (exact) mass is 199 g/mol. The van der Waals surface area contributed by atoms with Crippen LogP contribution in [0.3, 0.4) is 0 Å². The van der Waals surface area contributed by atoms with Gasteiger partial charge in [-0.1, -0.05) is 34.6 Å². The number of hydrogen-bond donors (Lipinski definition) is 1. The zero-order chi connectivity index (χ0) is 11.4. The lowest BCUT2D eigenvalue weighted by Gasteiger charge is -2.32. The van der Waals surface area contributed by atoms with Crippen LogP contribution in [0.15, 0.2) is 0 Å². The van der Waals surface area contributed by atoms with E-state index in [1.165, 1.54) is 0 Å². The third-order valence-electron chi connectivity index (χ3n) is 2.45. The first-order valence-corrected chi connectivity index (χ1v) is 5.62. The zero-order valence-electron chi connectivity index (χ0n) is 10.5. The van der Waals surface area contributed by atoms with E-state index >= 15 is 0 Å². The van der Waals surface area contributed by atoms with Gasteiger partial charge in [-0.05, 0) is 25.8 Å². The first-order chi connectivity index (χ1) is 6.33. The van der Waals surface area contributed by atoms with Gasteiger partial charge in [0, 0.05) is 5.92 Å². The van der Waals surface area contributed by atoms with E-state index in [4.69, 9.17) is 0 Å². The largest absolute Gasteiger partial charge is 0.305 e. The van der Waals surface area contributed by atoms with Gasteiger partial charge in [-0.2, -0.15) is 0 Å². The number of carbonyl (C=O) groups excluding carboxylic acids is 1. The predicted molar refractivity (Wildman–Crippen MR) is 61.4 cm³/mol. The highest BCUT2D eigenvalue weighted by Gasteiger charge is 2.33. The summed E-state index contributed by atoms with van der Waals surface area (Å²) in [5.41, 5.74) is -0.336. The summed E-state index contributed by atoms with van der Waals surface area (Å²) in [6.07, 6.45) is 0.915. The number of nitrogens with one attached hydrogen (secondary N) is 1. The van der Waals surface area contributed by atoms with Crippen molar-refractivity contribution in [3.05, 3.63) is 0 Å². The Kier molecular flexibility index (Phi) is 5.35. The molecule has 0 saturated heterocycles. The molecule has 0 aromatic rings. The molecule has 14 heavy (non-hydrogen) atoms. The van der Waals surface area contributed by atoms with Gasteiger partial charge in [-0.15, -0.1) is 0 Å². The van der Waals surface area contributed by atoms with E-state index in [0.29, 0.717) is 11.7 Å². The van der Waals surface area contributed by atoms with Gasteiger partial charge >= 0.3 is 0 Å². The topological polar surface area (TPSA) is 29.1 Å². The molecule has 0 aromatic carbocycles. The quantitative estimate of drug-likeness (QED) is 0.712. The molecule has 0 aliphatic rings. The lowest BCUT2D eigenvalue weighted by Crippen LogP contribution is -2.52. The van der Waals surface area contributed by atoms with Crippen molar-refractivity contribution in [3.63, 3.8) is 0 Å². The van der Waals surface area contributed by atoms with Crippen molar-refractivity contribution < 1.29 is 4.79 Å². The van der Waals surface area contributed by atoms with E-state index in [9.17, 15) is 4.79 Å². The SMILES string of the molecule is CCN[C@@](C)(CC(C)C)C(=O)C(C)C. The Bertz CT molecular complexity index is 187. The van der Waals surface area contributed by atoms with Crippen LogP contribution in [0.5, 0.6) is 0 Å². The van der Waals surface area contributed by atoms with Gasteiger partial charge in [0.05, 0.1) is 5.54 Å². The molecule has 0 aliphatic carbocycles. The van der Waals surface area contributed by atoms with Crippen LogP contribution in [-0.2, 0) is 4.79 Å². The number of hydrogen-bond acceptors (Lipinski definition) is 2. The number of rotatable bonds is 6. The molecule has 0 heterocycles. The predicted octanol–water partition coefficient (Wildman–Crippen LogP) is 2.63. The van der Waals surface area contributed by atoms with Crippen LogP contribution in [0.25, 0.3) is 0 Å². The maximum atomic E-state index is 12.0. The highest BCUT2D eigenvalue weighted by Crippen LogP contribution is 2.21. The Morgan fingerprint density at radius 1 is 1.29 bits per heavy atom. The highest BCUT2D eigenvalue weighted by atomic mass is 16.1. The fraction of sp³-hybridized carbons (Fsp3) is 0.917. The molecule has 2 nitrogen and oxygen atoms in total. The molecule has 0 bridgehead atoms. The minimum absolute atomic E-state index is 0.109. The molecular weight excluding hydrogens is 174 g/mol. The molecule has 0 spiro atoms. The summed E-state index contributed by atoms with van der Waals surface area (Å²) >= 11 is 0. The van der Waals surface area contributed by atoms with Crippen molar-refractivity contribution in [2.45, 2.75) is 53.5 Å². The third kappa shape index (κ3) is 3.79. The summed E-state index contributed by atoms with van der Waals surface area (Å²) < 4.78 is 0. The van der Waals surface area contributed by atoms with Crippen LogP contribution < -0.4 is 5.32 Å². The minimum Gasteiger partial charge on any atom is -0.305 e. The smallest absolute Gasteiger partial charge is 0.155 e. The molecule has 0 radical (unpaired) electrons. The standard InChI is InChI=1S/C12H25NO/c1-7-13-12(6,8-9(2)3)11(14)10(4)5/h9-10,13H,7-8H2,1-6H3/t12-/m0/s1. The molecule has 0 aromatic heterocycles. The molecule has 0 unspecified atom stereocenters. The summed E-state index contributed by atoms with van der Waals surface area (Å²) in [7, 11) is 0. The van der Waals surface area contributed by atoms with Gasteiger partial charge < -0.3 is 5.32 Å². The van der Waals surface area contributed by atoms with Crippen molar-refractivity contribution in [3.8, 4) is 0 Å². The van der Waals surface area contributed by atoms with Crippen molar-refractivity contribution in [2.75, 3.05) is 6.54 Å². The number of Topliss-reactive ketones (excluding diaryl/α,β-unsaturated/α-hetero) is 1. The molecule has 0 saturated carbocycles. The van der Waals surface area contributed by atoms with Gasteiger partial charge in [-0.25, -0.2) is 0 Å². The zero-order valence-corrected chi connectivity index (χ0v) is 10.5. The molecule has 1 N–H and O–H groups in total. The summed E-state index contributed by atoms with van der Waals surface area (Å²) in [4.78, 5) is 12.0. The maximum Gasteiger partial charge on any atom is 0.155 e. The second-order valence-corrected chi connectivity index (χ2v) is 4.98. The number of carbonyl (C=O) groups is 1. The maximum absolute atomic E-state index is 12.0. The molecule has 0 aliphatic heterocycles. The molecule has 0 amide bonds. The summed E-state index contributed by atoms with van der Waals surface area (Å²) in [6, 6.07) is 0. The second-order valence-electron chi connectivity index (χ2n) is 4.98. The molecule has 1 atom stereocenters. The Labute approximate surface area is 88.5 Å². The highest BCUT2D eigenvalue weighted by molar-refractivity contribution is 5.89. The lowest BCUT2D eigenvalue weighted by atomic mass is 9.82. The normalized spacial score (nSPS) is 16.0. The van der Waals surface area contributed by atoms with Crippen molar-refractivity contribution >= 4 is 5.78 Å². The second kappa shape index (κ2) is 5.50. The van der Waals surface area contributed by atoms with Gasteiger partial charge in [0.15, 0.2) is 5.78 Å². The van der Waals surface area contributed by atoms with E-state index in [2.05, 4.69) is 19.2 Å². The lowest BCUT2D eigenvalue weighted by molar-refractivity contribution is -0.128. The molecular formula is C12H25NO. The Morgan fingerprint density at radius 2 is 1.79 bits per heavy atom. The Hall–Kier alpha value is -0.370. The summed E-state index contributed by atoms with van der Waals surface area (Å²) in [5.74, 6) is 0.979. The van der Waals surface area contributed by atoms with Crippen molar-refractivity contribution in [1.29, 1.82) is 0 Å². The van der Waals surface area contributed by atoms with Crippen LogP contribution in [0.2, 0.25) is 0 Å². The van der Waals surface area contributed by atoms with E-state index in [1.54, 1.807) is 0 Å². The number of likely N-dealkylation sites (N-methyl/N-ethyl adjacent to an activating group) is 1. The van der Waals surface area contributed by atoms with E-state index < -0.39 is 0 Å². The summed E-state index contributed by atoms with van der Waals surface area (Å²) in [5, 5.41) is 3.32. The molecule has 2 heteroatoms. The van der Waals surface area contributed by atoms with Crippen LogP contribution in [0.1, 0.15) is 48.0 Å². The third-order valence-corrected chi connectivity index (χ3v) is 2.45. The van der Waals surface area contributed by atoms with Crippen LogP contribution in [-0.4, -0.2) is 17.9 Å².